The van der Waals surface area contributed by atoms with Crippen molar-refractivity contribution in [2.75, 3.05) is 0 Å². The van der Waals surface area contributed by atoms with Gasteiger partial charge in [-0.3, -0.25) is 0 Å². The van der Waals surface area contributed by atoms with E-state index in [9.17, 15) is 4.39 Å². The zero-order valence-electron chi connectivity index (χ0n) is 12.0. The average molecular weight is 352 g/mol. The summed E-state index contributed by atoms with van der Waals surface area (Å²) >= 11 is 3.49. The van der Waals surface area contributed by atoms with Gasteiger partial charge in [0.1, 0.15) is 18.2 Å². The van der Waals surface area contributed by atoms with Gasteiger partial charge in [0.2, 0.25) is 0 Å². The van der Waals surface area contributed by atoms with Crippen LogP contribution in [0.15, 0.2) is 46.9 Å². The Bertz CT molecular complexity index is 603. The number of hydrogen-bond acceptors (Lipinski definition) is 2. The van der Waals surface area contributed by atoms with Gasteiger partial charge in [0, 0.05) is 11.6 Å². The highest BCUT2D eigenvalue weighted by Crippen LogP contribution is 2.27. The molecule has 2 aromatic carbocycles. The summed E-state index contributed by atoms with van der Waals surface area (Å²) in [5.74, 6) is 0.450. The minimum Gasteiger partial charge on any atom is -0.488 e. The molecule has 2 rings (SSSR count). The lowest BCUT2D eigenvalue weighted by Gasteiger charge is -2.12. The number of benzene rings is 2. The second-order valence-electron chi connectivity index (χ2n) is 5.02. The SMILES string of the molecule is CCC(N)Cc1ccc(OCc2ccccc2F)c(Br)c1. The van der Waals surface area contributed by atoms with Crippen LogP contribution >= 0.6 is 15.9 Å². The molecule has 0 spiro atoms. The lowest BCUT2D eigenvalue weighted by atomic mass is 10.0. The Morgan fingerprint density at radius 3 is 2.67 bits per heavy atom. The second kappa shape index (κ2) is 7.57. The molecular weight excluding hydrogens is 333 g/mol. The summed E-state index contributed by atoms with van der Waals surface area (Å²) in [5.41, 5.74) is 7.66. The fraction of sp³-hybridized carbons (Fsp3) is 0.294. The molecule has 1 unspecified atom stereocenters. The molecule has 0 aliphatic heterocycles. The van der Waals surface area contributed by atoms with Crippen LogP contribution in [0.1, 0.15) is 24.5 Å². The molecule has 2 N–H and O–H groups in total. The number of nitrogens with two attached hydrogens (primary N) is 1. The zero-order chi connectivity index (χ0) is 15.2. The Kier molecular flexibility index (Phi) is 5.76. The molecule has 0 heterocycles. The van der Waals surface area contributed by atoms with Gasteiger partial charge < -0.3 is 10.5 Å². The van der Waals surface area contributed by atoms with Crippen molar-refractivity contribution in [3.8, 4) is 5.75 Å². The molecule has 0 radical (unpaired) electrons. The highest BCUT2D eigenvalue weighted by Gasteiger charge is 2.07. The minimum atomic E-state index is -0.251. The highest BCUT2D eigenvalue weighted by atomic mass is 79.9. The first-order valence-corrected chi connectivity index (χ1v) is 7.79. The standard InChI is InChI=1S/C17H19BrFNO/c1-2-14(20)9-12-7-8-17(15(18)10-12)21-11-13-5-3-4-6-16(13)19/h3-8,10,14H,2,9,11,20H2,1H3. The van der Waals surface area contributed by atoms with Gasteiger partial charge in [-0.05, 0) is 52.5 Å². The second-order valence-corrected chi connectivity index (χ2v) is 5.87. The predicted molar refractivity (Wildman–Crippen MR) is 86.8 cm³/mol. The molecule has 4 heteroatoms. The molecule has 0 aromatic heterocycles. The van der Waals surface area contributed by atoms with Gasteiger partial charge in [0.15, 0.2) is 0 Å². The predicted octanol–water partition coefficient (Wildman–Crippen LogP) is 4.45. The first-order chi connectivity index (χ1) is 10.1. The van der Waals surface area contributed by atoms with Gasteiger partial charge in [0.05, 0.1) is 4.47 Å². The lowest BCUT2D eigenvalue weighted by molar-refractivity contribution is 0.298. The maximum Gasteiger partial charge on any atom is 0.134 e. The van der Waals surface area contributed by atoms with Crippen LogP contribution in [0.4, 0.5) is 4.39 Å². The fourth-order valence-corrected chi connectivity index (χ4v) is 2.55. The summed E-state index contributed by atoms with van der Waals surface area (Å²) in [6.45, 7) is 2.28. The van der Waals surface area contributed by atoms with Gasteiger partial charge in [-0.15, -0.1) is 0 Å². The van der Waals surface area contributed by atoms with Crippen LogP contribution in [0.3, 0.4) is 0 Å². The quantitative estimate of drug-likeness (QED) is 0.834. The van der Waals surface area contributed by atoms with E-state index in [1.165, 1.54) is 6.07 Å². The van der Waals surface area contributed by atoms with Crippen LogP contribution in [0, 0.1) is 5.82 Å². The Hall–Kier alpha value is -1.39. The smallest absolute Gasteiger partial charge is 0.134 e. The van der Waals surface area contributed by atoms with Gasteiger partial charge in [-0.25, -0.2) is 4.39 Å². The van der Waals surface area contributed by atoms with Gasteiger partial charge in [0.25, 0.3) is 0 Å². The number of ether oxygens (including phenoxy) is 1. The molecule has 0 aliphatic rings. The molecule has 21 heavy (non-hydrogen) atoms. The Morgan fingerprint density at radius 2 is 2.00 bits per heavy atom. The third kappa shape index (κ3) is 4.55. The Morgan fingerprint density at radius 1 is 1.24 bits per heavy atom. The van der Waals surface area contributed by atoms with Crippen LogP contribution in [-0.4, -0.2) is 6.04 Å². The minimum absolute atomic E-state index is 0.169. The third-order valence-electron chi connectivity index (χ3n) is 3.36. The molecule has 0 saturated carbocycles. The van der Waals surface area contributed by atoms with E-state index in [-0.39, 0.29) is 18.5 Å². The van der Waals surface area contributed by atoms with Crippen molar-refractivity contribution >= 4 is 15.9 Å². The van der Waals surface area contributed by atoms with Gasteiger partial charge in [-0.1, -0.05) is 31.2 Å². The van der Waals surface area contributed by atoms with E-state index in [4.69, 9.17) is 10.5 Å². The third-order valence-corrected chi connectivity index (χ3v) is 3.98. The van der Waals surface area contributed by atoms with E-state index in [1.54, 1.807) is 18.2 Å². The number of hydrogen-bond donors (Lipinski definition) is 1. The molecule has 0 saturated heterocycles. The van der Waals surface area contributed by atoms with E-state index in [1.807, 2.05) is 18.2 Å². The summed E-state index contributed by atoms with van der Waals surface area (Å²) in [5, 5.41) is 0. The summed E-state index contributed by atoms with van der Waals surface area (Å²) < 4.78 is 20.1. The van der Waals surface area contributed by atoms with E-state index < -0.39 is 0 Å². The van der Waals surface area contributed by atoms with Crippen LogP contribution < -0.4 is 10.5 Å². The first-order valence-electron chi connectivity index (χ1n) is 7.00. The molecule has 0 aliphatic carbocycles. The van der Waals surface area contributed by atoms with Crippen LogP contribution in [0.25, 0.3) is 0 Å². The van der Waals surface area contributed by atoms with Crippen molar-refractivity contribution in [2.45, 2.75) is 32.4 Å². The highest BCUT2D eigenvalue weighted by molar-refractivity contribution is 9.10. The average Bonchev–Trinajstić information content (AvgIpc) is 2.48. The van der Waals surface area contributed by atoms with Crippen molar-refractivity contribution in [2.24, 2.45) is 5.73 Å². The lowest BCUT2D eigenvalue weighted by Crippen LogP contribution is -2.21. The van der Waals surface area contributed by atoms with Crippen molar-refractivity contribution in [1.82, 2.24) is 0 Å². The van der Waals surface area contributed by atoms with Crippen molar-refractivity contribution < 1.29 is 9.13 Å². The molecule has 0 amide bonds. The van der Waals surface area contributed by atoms with Crippen molar-refractivity contribution in [3.05, 3.63) is 63.9 Å². The molecular formula is C17H19BrFNO. The molecule has 0 bridgehead atoms. The van der Waals surface area contributed by atoms with E-state index in [2.05, 4.69) is 22.9 Å². The van der Waals surface area contributed by atoms with Gasteiger partial charge >= 0.3 is 0 Å². The summed E-state index contributed by atoms with van der Waals surface area (Å²) in [7, 11) is 0. The molecule has 0 fully saturated rings. The maximum atomic E-state index is 13.5. The fourth-order valence-electron chi connectivity index (χ4n) is 2.01. The largest absolute Gasteiger partial charge is 0.488 e. The molecule has 1 atom stereocenters. The summed E-state index contributed by atoms with van der Waals surface area (Å²) in [6, 6.07) is 12.7. The Balaban J connectivity index is 2.03. The topological polar surface area (TPSA) is 35.2 Å². The first kappa shape index (κ1) is 16.0. The van der Waals surface area contributed by atoms with E-state index >= 15 is 0 Å². The van der Waals surface area contributed by atoms with E-state index in [0.717, 1.165) is 22.9 Å². The molecule has 2 nitrogen and oxygen atoms in total. The van der Waals surface area contributed by atoms with Crippen molar-refractivity contribution in [1.29, 1.82) is 0 Å². The van der Waals surface area contributed by atoms with Gasteiger partial charge in [-0.2, -0.15) is 0 Å². The summed E-state index contributed by atoms with van der Waals surface area (Å²) in [4.78, 5) is 0. The van der Waals surface area contributed by atoms with Crippen LogP contribution in [0.2, 0.25) is 0 Å². The zero-order valence-corrected chi connectivity index (χ0v) is 13.6. The molecule has 112 valence electrons. The van der Waals surface area contributed by atoms with E-state index in [0.29, 0.717) is 11.3 Å². The summed E-state index contributed by atoms with van der Waals surface area (Å²) in [6.07, 6.45) is 1.78. The maximum absolute atomic E-state index is 13.5. The number of rotatable bonds is 6. The Labute approximate surface area is 133 Å². The van der Waals surface area contributed by atoms with Crippen molar-refractivity contribution in [3.63, 3.8) is 0 Å². The number of halogens is 2. The molecule has 2 aromatic rings. The monoisotopic (exact) mass is 351 g/mol. The normalized spacial score (nSPS) is 12.2. The van der Waals surface area contributed by atoms with Crippen LogP contribution in [0.5, 0.6) is 5.75 Å². The van der Waals surface area contributed by atoms with Crippen LogP contribution in [-0.2, 0) is 13.0 Å².